The van der Waals surface area contributed by atoms with E-state index in [-0.39, 0.29) is 16.8 Å². The number of nitrogens with zero attached hydrogens (tertiary/aromatic N) is 2. The number of nitro benzene ring substituents is 2. The van der Waals surface area contributed by atoms with Gasteiger partial charge in [0.2, 0.25) is 0 Å². The average Bonchev–Trinajstić information content (AvgIpc) is 3.32. The Balaban J connectivity index is 0.924. The zero-order valence-electron chi connectivity index (χ0n) is 38.9. The number of non-ortho nitro benzene ring substituents is 2. The fourth-order valence-electron chi connectivity index (χ4n) is 10.7. The second-order valence-corrected chi connectivity index (χ2v) is 19.3. The van der Waals surface area contributed by atoms with Crippen LogP contribution >= 0.6 is 0 Å². The highest BCUT2D eigenvalue weighted by molar-refractivity contribution is 5.46. The molecular weight excluding hydrogens is 797 g/mol. The summed E-state index contributed by atoms with van der Waals surface area (Å²) < 4.78 is 12.2. The third kappa shape index (κ3) is 15.5. The van der Waals surface area contributed by atoms with Gasteiger partial charge in [0.1, 0.15) is 23.0 Å². The van der Waals surface area contributed by atoms with Crippen LogP contribution in [0.15, 0.2) is 97.1 Å². The first-order chi connectivity index (χ1) is 31.3. The molecule has 346 valence electrons. The molecule has 4 aromatic rings. The lowest BCUT2D eigenvalue weighted by molar-refractivity contribution is -0.385. The molecule has 0 aromatic heterocycles. The smallest absolute Gasteiger partial charge is 0.269 e. The summed E-state index contributed by atoms with van der Waals surface area (Å²) in [7, 11) is 0. The van der Waals surface area contributed by atoms with Crippen molar-refractivity contribution in [3.63, 3.8) is 0 Å². The Bertz CT molecular complexity index is 1820. The van der Waals surface area contributed by atoms with Crippen molar-refractivity contribution in [1.29, 1.82) is 0 Å². The molecule has 8 nitrogen and oxygen atoms in total. The largest absolute Gasteiger partial charge is 0.457 e. The lowest BCUT2D eigenvalue weighted by Crippen LogP contribution is -2.33. The van der Waals surface area contributed by atoms with Gasteiger partial charge in [-0.15, -0.1) is 0 Å². The maximum Gasteiger partial charge on any atom is 0.269 e. The molecule has 0 bridgehead atoms. The molecule has 2 fully saturated rings. The third-order valence-corrected chi connectivity index (χ3v) is 14.8. The van der Waals surface area contributed by atoms with E-state index in [1.165, 1.54) is 196 Å². The summed E-state index contributed by atoms with van der Waals surface area (Å²) in [6, 6.07) is 29.1. The van der Waals surface area contributed by atoms with Crippen LogP contribution in [0.1, 0.15) is 191 Å². The van der Waals surface area contributed by atoms with Gasteiger partial charge in [-0.1, -0.05) is 179 Å². The summed E-state index contributed by atoms with van der Waals surface area (Å²) in [5.74, 6) is 5.07. The third-order valence-electron chi connectivity index (χ3n) is 14.8. The fraction of sp³-hybridized carbons (Fsp3) is 0.571. The summed E-state index contributed by atoms with van der Waals surface area (Å²) in [6.45, 7) is 2.30. The van der Waals surface area contributed by atoms with Crippen molar-refractivity contribution in [2.75, 3.05) is 0 Å². The molecule has 0 unspecified atom stereocenters. The van der Waals surface area contributed by atoms with E-state index in [0.29, 0.717) is 23.0 Å². The van der Waals surface area contributed by atoms with Crippen LogP contribution in [-0.2, 0) is 5.41 Å². The maximum absolute atomic E-state index is 11.1. The average molecular weight is 873 g/mol. The summed E-state index contributed by atoms with van der Waals surface area (Å²) in [6.07, 6.45) is 37.3. The first-order valence-corrected chi connectivity index (χ1v) is 25.4. The minimum atomic E-state index is -0.408. The van der Waals surface area contributed by atoms with Crippen LogP contribution in [0.25, 0.3) is 0 Å². The van der Waals surface area contributed by atoms with Crippen molar-refractivity contribution in [2.24, 2.45) is 17.8 Å². The van der Waals surface area contributed by atoms with E-state index >= 15 is 0 Å². The van der Waals surface area contributed by atoms with Crippen molar-refractivity contribution in [2.45, 2.75) is 186 Å². The number of rotatable bonds is 28. The lowest BCUT2D eigenvalue weighted by atomic mass is 9.62. The normalized spacial score (nSPS) is 17.5. The zero-order valence-corrected chi connectivity index (χ0v) is 38.9. The van der Waals surface area contributed by atoms with E-state index in [0.717, 1.165) is 30.6 Å². The molecule has 0 amide bonds. The molecule has 0 radical (unpaired) electrons. The Morgan fingerprint density at radius 1 is 0.422 bits per heavy atom. The molecule has 0 N–H and O–H groups in total. The van der Waals surface area contributed by atoms with Gasteiger partial charge in [0.25, 0.3) is 11.4 Å². The van der Waals surface area contributed by atoms with E-state index in [2.05, 4.69) is 31.2 Å². The molecule has 2 saturated carbocycles. The summed E-state index contributed by atoms with van der Waals surface area (Å²) in [5, 5.41) is 22.2. The van der Waals surface area contributed by atoms with Crippen molar-refractivity contribution in [3.8, 4) is 23.0 Å². The first kappa shape index (κ1) is 48.7. The SMILES string of the molecule is CCCCCCCCCCCCCCCCCCC1CCC(CCC2CCC(c3ccc(Oc4ccc([N+](=O)[O-])cc4)cc3)(c3ccc(Oc4ccc([N+](=O)[O-])cc4)cc3)CC2)CC1. The number of nitro groups is 2. The van der Waals surface area contributed by atoms with E-state index in [1.807, 2.05) is 24.3 Å². The van der Waals surface area contributed by atoms with Crippen LogP contribution in [-0.4, -0.2) is 9.85 Å². The quantitative estimate of drug-likeness (QED) is 0.0320. The van der Waals surface area contributed by atoms with Gasteiger partial charge in [-0.25, -0.2) is 0 Å². The number of hydrogen-bond donors (Lipinski definition) is 0. The van der Waals surface area contributed by atoms with Crippen molar-refractivity contribution < 1.29 is 19.3 Å². The van der Waals surface area contributed by atoms with Gasteiger partial charge in [-0.05, 0) is 103 Å². The highest BCUT2D eigenvalue weighted by Gasteiger charge is 2.38. The molecule has 4 aromatic carbocycles. The number of ether oxygens (including phenoxy) is 2. The molecular formula is C56H76N2O6. The molecule has 6 rings (SSSR count). The van der Waals surface area contributed by atoms with Gasteiger partial charge in [-0.3, -0.25) is 20.2 Å². The second-order valence-electron chi connectivity index (χ2n) is 19.3. The summed E-state index contributed by atoms with van der Waals surface area (Å²) in [5.41, 5.74) is 2.43. The number of benzene rings is 4. The van der Waals surface area contributed by atoms with Gasteiger partial charge >= 0.3 is 0 Å². The fourth-order valence-corrected chi connectivity index (χ4v) is 10.7. The Morgan fingerprint density at radius 3 is 1.06 bits per heavy atom. The van der Waals surface area contributed by atoms with Crippen LogP contribution in [0.2, 0.25) is 0 Å². The molecule has 64 heavy (non-hydrogen) atoms. The summed E-state index contributed by atoms with van der Waals surface area (Å²) >= 11 is 0. The molecule has 2 aliphatic carbocycles. The topological polar surface area (TPSA) is 105 Å². The monoisotopic (exact) mass is 873 g/mol. The first-order valence-electron chi connectivity index (χ1n) is 25.4. The van der Waals surface area contributed by atoms with Crippen LogP contribution in [0.3, 0.4) is 0 Å². The van der Waals surface area contributed by atoms with E-state index in [9.17, 15) is 20.2 Å². The highest BCUT2D eigenvalue weighted by Crippen LogP contribution is 2.49. The molecule has 0 atom stereocenters. The minimum Gasteiger partial charge on any atom is -0.457 e. The molecule has 0 heterocycles. The van der Waals surface area contributed by atoms with Gasteiger partial charge in [0.05, 0.1) is 9.85 Å². The van der Waals surface area contributed by atoms with E-state index in [4.69, 9.17) is 9.47 Å². The van der Waals surface area contributed by atoms with E-state index in [1.54, 1.807) is 24.3 Å². The Hall–Kier alpha value is -4.72. The summed E-state index contributed by atoms with van der Waals surface area (Å²) in [4.78, 5) is 21.4. The van der Waals surface area contributed by atoms with Crippen LogP contribution < -0.4 is 9.47 Å². The van der Waals surface area contributed by atoms with Crippen molar-refractivity contribution >= 4 is 11.4 Å². The van der Waals surface area contributed by atoms with Gasteiger partial charge in [0.15, 0.2) is 0 Å². The molecule has 8 heteroatoms. The Morgan fingerprint density at radius 2 is 0.719 bits per heavy atom. The predicted octanol–water partition coefficient (Wildman–Crippen LogP) is 17.8. The van der Waals surface area contributed by atoms with Gasteiger partial charge in [-0.2, -0.15) is 0 Å². The highest BCUT2D eigenvalue weighted by atomic mass is 16.6. The number of hydrogen-bond acceptors (Lipinski definition) is 6. The molecule has 0 saturated heterocycles. The maximum atomic E-state index is 11.1. The standard InChI is InChI=1S/C56H76N2O6/c1-2-3-4-5-6-7-8-9-10-11-12-13-14-15-16-17-18-45-19-21-46(22-20-45)23-24-47-41-43-56(44-42-47,48-25-33-52(34-26-48)63-54-37-29-50(30-38-54)57(59)60)49-27-35-53(36-28-49)64-55-39-31-51(32-40-55)58(61)62/h25-40,45-47H,2-24,41-44H2,1H3. The molecule has 0 spiro atoms. The van der Waals surface area contributed by atoms with Crippen LogP contribution in [0.4, 0.5) is 11.4 Å². The van der Waals surface area contributed by atoms with Crippen molar-refractivity contribution in [3.05, 3.63) is 128 Å². The Labute approximate surface area is 384 Å². The Kier molecular flexibility index (Phi) is 20.0. The van der Waals surface area contributed by atoms with Crippen LogP contribution in [0, 0.1) is 38.0 Å². The number of unbranched alkanes of at least 4 members (excludes halogenated alkanes) is 15. The van der Waals surface area contributed by atoms with Crippen LogP contribution in [0.5, 0.6) is 23.0 Å². The van der Waals surface area contributed by atoms with Gasteiger partial charge < -0.3 is 9.47 Å². The van der Waals surface area contributed by atoms with E-state index < -0.39 is 9.85 Å². The minimum absolute atomic E-state index is 0.0349. The second kappa shape index (κ2) is 26.3. The molecule has 0 aliphatic heterocycles. The lowest BCUT2D eigenvalue weighted by Gasteiger charge is -2.42. The molecule has 2 aliphatic rings. The van der Waals surface area contributed by atoms with Crippen molar-refractivity contribution in [1.82, 2.24) is 0 Å². The van der Waals surface area contributed by atoms with Gasteiger partial charge in [0, 0.05) is 29.7 Å². The zero-order chi connectivity index (χ0) is 44.8. The predicted molar refractivity (Wildman–Crippen MR) is 261 cm³/mol.